The molecular formula is C14H13BrN2O. The predicted molar refractivity (Wildman–Crippen MR) is 77.1 cm³/mol. The Morgan fingerprint density at radius 3 is 2.83 bits per heavy atom. The smallest absolute Gasteiger partial charge is 0.292 e. The van der Waals surface area contributed by atoms with Crippen LogP contribution in [-0.4, -0.2) is 25.0 Å². The van der Waals surface area contributed by atoms with Crippen molar-refractivity contribution in [1.29, 1.82) is 0 Å². The zero-order valence-electron chi connectivity index (χ0n) is 10.3. The van der Waals surface area contributed by atoms with Crippen LogP contribution in [0.3, 0.4) is 0 Å². The summed E-state index contributed by atoms with van der Waals surface area (Å²) < 4.78 is 6.88. The van der Waals surface area contributed by atoms with Crippen LogP contribution < -0.4 is 4.74 Å². The fourth-order valence-corrected chi connectivity index (χ4v) is 2.49. The predicted octanol–water partition coefficient (Wildman–Crippen LogP) is 3.41. The topological polar surface area (TPSA) is 24.8 Å². The Morgan fingerprint density at radius 2 is 2.06 bits per heavy atom. The van der Waals surface area contributed by atoms with Crippen molar-refractivity contribution in [3.63, 3.8) is 0 Å². The third kappa shape index (κ3) is 1.86. The molecule has 0 atom stereocenters. The average molecular weight is 305 g/mol. The van der Waals surface area contributed by atoms with Crippen molar-refractivity contribution in [2.75, 3.05) is 14.1 Å². The summed E-state index contributed by atoms with van der Waals surface area (Å²) >= 11 is 3.49. The second kappa shape index (κ2) is 4.28. The minimum absolute atomic E-state index is 0.666. The van der Waals surface area contributed by atoms with Gasteiger partial charge in [-0.3, -0.25) is 0 Å². The number of fused-ring (bicyclic) bond motifs is 3. The molecule has 3 rings (SSSR count). The van der Waals surface area contributed by atoms with Crippen LogP contribution in [0.15, 0.2) is 39.8 Å². The van der Waals surface area contributed by atoms with Gasteiger partial charge in [0.2, 0.25) is 0 Å². The molecule has 4 heteroatoms. The molecule has 18 heavy (non-hydrogen) atoms. The molecule has 92 valence electrons. The van der Waals surface area contributed by atoms with Crippen LogP contribution in [0.25, 0.3) is 10.8 Å². The molecule has 0 saturated carbocycles. The van der Waals surface area contributed by atoms with Gasteiger partial charge in [0.05, 0.1) is 6.54 Å². The molecule has 0 aromatic heterocycles. The van der Waals surface area contributed by atoms with E-state index in [4.69, 9.17) is 4.74 Å². The van der Waals surface area contributed by atoms with E-state index in [9.17, 15) is 0 Å². The number of ether oxygens (including phenoxy) is 1. The van der Waals surface area contributed by atoms with E-state index in [2.05, 4.69) is 39.1 Å². The Kier molecular flexibility index (Phi) is 2.74. The standard InChI is InChI=1S/C14H13BrN2O/c1-17(2)14-16-8-12-11-5-4-10(15)7-9(11)3-6-13(12)18-14/h3-7H,8H2,1-2H3. The van der Waals surface area contributed by atoms with Crippen LogP contribution in [0.4, 0.5) is 0 Å². The van der Waals surface area contributed by atoms with Gasteiger partial charge in [0.15, 0.2) is 0 Å². The minimum atomic E-state index is 0.666. The molecule has 0 aliphatic carbocycles. The van der Waals surface area contributed by atoms with Gasteiger partial charge in [-0.15, -0.1) is 0 Å². The maximum atomic E-state index is 5.80. The Bertz CT molecular complexity index is 650. The zero-order chi connectivity index (χ0) is 12.7. The van der Waals surface area contributed by atoms with Crippen LogP contribution in [0.5, 0.6) is 5.75 Å². The van der Waals surface area contributed by atoms with Crippen LogP contribution in [0.2, 0.25) is 0 Å². The first-order valence-corrected chi connectivity index (χ1v) is 6.55. The van der Waals surface area contributed by atoms with E-state index in [-0.39, 0.29) is 0 Å². The first-order valence-electron chi connectivity index (χ1n) is 5.76. The summed E-state index contributed by atoms with van der Waals surface area (Å²) in [6.45, 7) is 0.668. The quantitative estimate of drug-likeness (QED) is 0.745. The van der Waals surface area contributed by atoms with Gasteiger partial charge < -0.3 is 9.64 Å². The second-order valence-corrected chi connectivity index (χ2v) is 5.42. The van der Waals surface area contributed by atoms with Gasteiger partial charge in [-0.05, 0) is 29.0 Å². The van der Waals surface area contributed by atoms with Crippen molar-refractivity contribution in [2.24, 2.45) is 4.99 Å². The zero-order valence-corrected chi connectivity index (χ0v) is 11.9. The summed E-state index contributed by atoms with van der Waals surface area (Å²) in [5.74, 6) is 0.906. The number of hydrogen-bond acceptors (Lipinski definition) is 3. The number of benzene rings is 2. The van der Waals surface area contributed by atoms with Crippen molar-refractivity contribution in [1.82, 2.24) is 4.90 Å². The van der Waals surface area contributed by atoms with E-state index >= 15 is 0 Å². The number of amidine groups is 1. The molecule has 2 aromatic carbocycles. The maximum absolute atomic E-state index is 5.80. The van der Waals surface area contributed by atoms with Gasteiger partial charge in [-0.1, -0.05) is 28.1 Å². The van der Waals surface area contributed by atoms with Crippen molar-refractivity contribution < 1.29 is 4.74 Å². The minimum Gasteiger partial charge on any atom is -0.426 e. The lowest BCUT2D eigenvalue weighted by Gasteiger charge is -2.22. The number of aliphatic imine (C=N–C) groups is 1. The summed E-state index contributed by atoms with van der Waals surface area (Å²) in [5.41, 5.74) is 1.16. The van der Waals surface area contributed by atoms with Gasteiger partial charge in [0, 0.05) is 24.1 Å². The maximum Gasteiger partial charge on any atom is 0.292 e. The van der Waals surface area contributed by atoms with Crippen molar-refractivity contribution >= 4 is 32.7 Å². The van der Waals surface area contributed by atoms with Crippen LogP contribution in [-0.2, 0) is 6.54 Å². The van der Waals surface area contributed by atoms with Gasteiger partial charge >= 0.3 is 0 Å². The molecule has 0 spiro atoms. The highest BCUT2D eigenvalue weighted by atomic mass is 79.9. The van der Waals surface area contributed by atoms with Gasteiger partial charge in [-0.2, -0.15) is 0 Å². The van der Waals surface area contributed by atoms with Crippen LogP contribution in [0.1, 0.15) is 5.56 Å². The van der Waals surface area contributed by atoms with Gasteiger partial charge in [-0.25, -0.2) is 4.99 Å². The Hall–Kier alpha value is -1.55. The monoisotopic (exact) mass is 304 g/mol. The third-order valence-corrected chi connectivity index (χ3v) is 3.50. The first kappa shape index (κ1) is 11.5. The fraction of sp³-hybridized carbons (Fsp3) is 0.214. The second-order valence-electron chi connectivity index (χ2n) is 4.50. The Balaban J connectivity index is 2.13. The first-order chi connectivity index (χ1) is 8.65. The lowest BCUT2D eigenvalue weighted by molar-refractivity contribution is 0.414. The van der Waals surface area contributed by atoms with E-state index in [0.29, 0.717) is 12.6 Å². The van der Waals surface area contributed by atoms with Crippen molar-refractivity contribution in [3.8, 4) is 5.75 Å². The van der Waals surface area contributed by atoms with Crippen LogP contribution >= 0.6 is 15.9 Å². The number of halogens is 1. The summed E-state index contributed by atoms with van der Waals surface area (Å²) in [4.78, 5) is 6.34. The van der Waals surface area contributed by atoms with Crippen molar-refractivity contribution in [3.05, 3.63) is 40.4 Å². The lowest BCUT2D eigenvalue weighted by atomic mass is 10.0. The van der Waals surface area contributed by atoms with E-state index in [1.165, 1.54) is 10.8 Å². The SMILES string of the molecule is CN(C)C1=NCc2c(ccc3cc(Br)ccc23)O1. The van der Waals surface area contributed by atoms with E-state index in [1.807, 2.05) is 31.1 Å². The summed E-state index contributed by atoms with van der Waals surface area (Å²) in [5, 5.41) is 2.41. The molecule has 0 bridgehead atoms. The molecule has 0 amide bonds. The molecule has 0 fully saturated rings. The van der Waals surface area contributed by atoms with Crippen LogP contribution in [0, 0.1) is 0 Å². The molecule has 1 aliphatic heterocycles. The summed E-state index contributed by atoms with van der Waals surface area (Å²) in [6.07, 6.45) is 0. The fourth-order valence-electron chi connectivity index (χ4n) is 2.11. The molecule has 1 heterocycles. The third-order valence-electron chi connectivity index (χ3n) is 3.01. The molecule has 0 N–H and O–H groups in total. The molecular weight excluding hydrogens is 292 g/mol. The normalized spacial score (nSPS) is 13.8. The molecule has 3 nitrogen and oxygen atoms in total. The molecule has 0 saturated heterocycles. The molecule has 0 radical (unpaired) electrons. The van der Waals surface area contributed by atoms with E-state index in [0.717, 1.165) is 15.8 Å². The number of hydrogen-bond donors (Lipinski definition) is 0. The molecule has 2 aromatic rings. The highest BCUT2D eigenvalue weighted by Crippen LogP contribution is 2.32. The van der Waals surface area contributed by atoms with Crippen molar-refractivity contribution in [2.45, 2.75) is 6.54 Å². The molecule has 1 aliphatic rings. The summed E-state index contributed by atoms with van der Waals surface area (Å²) in [7, 11) is 3.87. The lowest BCUT2D eigenvalue weighted by Crippen LogP contribution is -2.30. The van der Waals surface area contributed by atoms with Gasteiger partial charge in [0.25, 0.3) is 6.02 Å². The molecule has 0 unspecified atom stereocenters. The highest BCUT2D eigenvalue weighted by molar-refractivity contribution is 9.10. The van der Waals surface area contributed by atoms with Gasteiger partial charge in [0.1, 0.15) is 5.75 Å². The average Bonchev–Trinajstić information content (AvgIpc) is 2.37. The largest absolute Gasteiger partial charge is 0.426 e. The highest BCUT2D eigenvalue weighted by Gasteiger charge is 2.17. The number of rotatable bonds is 0. The Morgan fingerprint density at radius 1 is 1.22 bits per heavy atom. The van der Waals surface area contributed by atoms with E-state index < -0.39 is 0 Å². The summed E-state index contributed by atoms with van der Waals surface area (Å²) in [6, 6.07) is 11.0. The number of nitrogens with zero attached hydrogens (tertiary/aromatic N) is 2. The van der Waals surface area contributed by atoms with E-state index in [1.54, 1.807) is 0 Å². The Labute approximate surface area is 114 Å².